The summed E-state index contributed by atoms with van der Waals surface area (Å²) in [5.41, 5.74) is 2.88. The van der Waals surface area contributed by atoms with Gasteiger partial charge in [0, 0.05) is 11.4 Å². The van der Waals surface area contributed by atoms with E-state index >= 15 is 0 Å². The van der Waals surface area contributed by atoms with Gasteiger partial charge in [0.05, 0.1) is 19.2 Å². The molecule has 3 amide bonds. The summed E-state index contributed by atoms with van der Waals surface area (Å²) in [6.07, 6.45) is 0.332. The number of anilines is 3. The van der Waals surface area contributed by atoms with Gasteiger partial charge in [0.1, 0.15) is 5.75 Å². The second kappa shape index (κ2) is 5.77. The predicted molar refractivity (Wildman–Crippen MR) is 84.4 cm³/mol. The molecule has 0 radical (unpaired) electrons. The first-order chi connectivity index (χ1) is 10.7. The molecular weight excluding hydrogens is 282 g/mol. The zero-order chi connectivity index (χ0) is 15.5. The molecule has 22 heavy (non-hydrogen) atoms. The number of hydrogen-bond acceptors (Lipinski definition) is 3. The van der Waals surface area contributed by atoms with Crippen LogP contribution in [0.3, 0.4) is 0 Å². The van der Waals surface area contributed by atoms with Gasteiger partial charge in [-0.05, 0) is 35.9 Å². The van der Waals surface area contributed by atoms with Crippen molar-refractivity contribution in [2.75, 3.05) is 23.1 Å². The molecule has 0 bridgehead atoms. The fourth-order valence-corrected chi connectivity index (χ4v) is 2.34. The number of para-hydroxylation sites is 2. The van der Waals surface area contributed by atoms with Crippen LogP contribution in [0.4, 0.5) is 21.9 Å². The van der Waals surface area contributed by atoms with Crippen LogP contribution in [0, 0.1) is 0 Å². The Balaban J connectivity index is 1.70. The maximum Gasteiger partial charge on any atom is 0.323 e. The number of carbonyl (C=O) groups is 2. The number of nitrogens with one attached hydrogen (secondary N) is 3. The van der Waals surface area contributed by atoms with Crippen molar-refractivity contribution in [3.8, 4) is 5.75 Å². The zero-order valence-electron chi connectivity index (χ0n) is 12.0. The molecule has 3 N–H and O–H groups in total. The predicted octanol–water partition coefficient (Wildman–Crippen LogP) is 2.83. The van der Waals surface area contributed by atoms with E-state index in [1.807, 2.05) is 12.1 Å². The van der Waals surface area contributed by atoms with Gasteiger partial charge in [0.2, 0.25) is 5.91 Å². The minimum Gasteiger partial charge on any atom is -0.495 e. The topological polar surface area (TPSA) is 79.5 Å². The number of methoxy groups -OCH3 is 1. The van der Waals surface area contributed by atoms with Crippen molar-refractivity contribution in [3.63, 3.8) is 0 Å². The van der Waals surface area contributed by atoms with Gasteiger partial charge in [-0.3, -0.25) is 4.79 Å². The lowest BCUT2D eigenvalue weighted by Crippen LogP contribution is -2.19. The first kappa shape index (κ1) is 13.9. The quantitative estimate of drug-likeness (QED) is 0.815. The Morgan fingerprint density at radius 3 is 2.82 bits per heavy atom. The van der Waals surface area contributed by atoms with Crippen LogP contribution in [0.2, 0.25) is 0 Å². The third-order valence-electron chi connectivity index (χ3n) is 3.34. The number of rotatable bonds is 3. The smallest absolute Gasteiger partial charge is 0.323 e. The summed E-state index contributed by atoms with van der Waals surface area (Å²) in [5.74, 6) is 0.548. The van der Waals surface area contributed by atoms with Gasteiger partial charge in [-0.2, -0.15) is 0 Å². The lowest BCUT2D eigenvalue weighted by atomic mass is 10.1. The summed E-state index contributed by atoms with van der Waals surface area (Å²) in [6.45, 7) is 0. The highest BCUT2D eigenvalue weighted by Crippen LogP contribution is 2.27. The van der Waals surface area contributed by atoms with Crippen LogP contribution in [-0.4, -0.2) is 19.0 Å². The monoisotopic (exact) mass is 297 g/mol. The van der Waals surface area contributed by atoms with Gasteiger partial charge < -0.3 is 20.7 Å². The van der Waals surface area contributed by atoms with Crippen LogP contribution in [-0.2, 0) is 11.2 Å². The number of amides is 3. The van der Waals surface area contributed by atoms with Gasteiger partial charge >= 0.3 is 6.03 Å². The minimum absolute atomic E-state index is 0.0365. The standard InChI is InChI=1S/C16H15N3O3/c1-22-14-5-3-2-4-13(14)19-16(21)17-11-6-7-12-10(8-11)9-15(20)18-12/h2-8H,9H2,1H3,(H,18,20)(H2,17,19,21). The summed E-state index contributed by atoms with van der Waals surface area (Å²) < 4.78 is 5.18. The van der Waals surface area contributed by atoms with E-state index in [1.54, 1.807) is 37.4 Å². The van der Waals surface area contributed by atoms with Crippen molar-refractivity contribution in [1.82, 2.24) is 0 Å². The fraction of sp³-hybridized carbons (Fsp3) is 0.125. The zero-order valence-corrected chi connectivity index (χ0v) is 12.0. The van der Waals surface area contributed by atoms with E-state index in [0.717, 1.165) is 11.3 Å². The number of urea groups is 1. The SMILES string of the molecule is COc1ccccc1NC(=O)Nc1ccc2c(c1)CC(=O)N2. The van der Waals surface area contributed by atoms with E-state index in [0.29, 0.717) is 23.5 Å². The van der Waals surface area contributed by atoms with Crippen molar-refractivity contribution >= 4 is 29.0 Å². The van der Waals surface area contributed by atoms with E-state index in [-0.39, 0.29) is 11.9 Å². The molecule has 2 aromatic carbocycles. The lowest BCUT2D eigenvalue weighted by Gasteiger charge is -2.11. The van der Waals surface area contributed by atoms with Gasteiger partial charge in [-0.15, -0.1) is 0 Å². The lowest BCUT2D eigenvalue weighted by molar-refractivity contribution is -0.115. The second-order valence-electron chi connectivity index (χ2n) is 4.88. The Labute approximate surface area is 127 Å². The van der Waals surface area contributed by atoms with E-state index in [2.05, 4.69) is 16.0 Å². The van der Waals surface area contributed by atoms with E-state index < -0.39 is 0 Å². The van der Waals surface area contributed by atoms with Gasteiger partial charge in [-0.1, -0.05) is 12.1 Å². The molecule has 1 aliphatic rings. The highest BCUT2D eigenvalue weighted by atomic mass is 16.5. The molecule has 0 fully saturated rings. The Kier molecular flexibility index (Phi) is 3.65. The first-order valence-electron chi connectivity index (χ1n) is 6.79. The third kappa shape index (κ3) is 2.85. The summed E-state index contributed by atoms with van der Waals surface area (Å²) >= 11 is 0. The summed E-state index contributed by atoms with van der Waals surface area (Å²) in [5, 5.41) is 8.22. The van der Waals surface area contributed by atoms with Gasteiger partial charge in [-0.25, -0.2) is 4.79 Å². The molecule has 6 heteroatoms. The fourth-order valence-electron chi connectivity index (χ4n) is 2.34. The molecule has 0 atom stereocenters. The number of carbonyl (C=O) groups excluding carboxylic acids is 2. The van der Waals surface area contributed by atoms with Crippen LogP contribution in [0.1, 0.15) is 5.56 Å². The van der Waals surface area contributed by atoms with Crippen LogP contribution in [0.15, 0.2) is 42.5 Å². The molecule has 0 unspecified atom stereocenters. The van der Waals surface area contributed by atoms with Crippen molar-refractivity contribution in [3.05, 3.63) is 48.0 Å². The van der Waals surface area contributed by atoms with Crippen LogP contribution >= 0.6 is 0 Å². The maximum absolute atomic E-state index is 12.1. The van der Waals surface area contributed by atoms with Gasteiger partial charge in [0.25, 0.3) is 0 Å². The van der Waals surface area contributed by atoms with Crippen LogP contribution in [0.25, 0.3) is 0 Å². The van der Waals surface area contributed by atoms with Crippen molar-refractivity contribution < 1.29 is 14.3 Å². The van der Waals surface area contributed by atoms with Crippen molar-refractivity contribution in [1.29, 1.82) is 0 Å². The molecule has 3 rings (SSSR count). The summed E-state index contributed by atoms with van der Waals surface area (Å²) in [4.78, 5) is 23.4. The maximum atomic E-state index is 12.1. The average molecular weight is 297 g/mol. The Morgan fingerprint density at radius 1 is 1.18 bits per heavy atom. The van der Waals surface area contributed by atoms with E-state index in [4.69, 9.17) is 4.74 Å². The molecular formula is C16H15N3O3. The minimum atomic E-state index is -0.373. The summed E-state index contributed by atoms with van der Waals surface area (Å²) in [6, 6.07) is 12.1. The van der Waals surface area contributed by atoms with Gasteiger partial charge in [0.15, 0.2) is 0 Å². The number of benzene rings is 2. The summed E-state index contributed by atoms with van der Waals surface area (Å²) in [7, 11) is 1.54. The average Bonchev–Trinajstić information content (AvgIpc) is 2.87. The Morgan fingerprint density at radius 2 is 2.00 bits per heavy atom. The van der Waals surface area contributed by atoms with Crippen LogP contribution in [0.5, 0.6) is 5.75 Å². The molecule has 1 aliphatic heterocycles. The first-order valence-corrected chi connectivity index (χ1v) is 6.79. The molecule has 0 saturated carbocycles. The molecule has 0 aromatic heterocycles. The van der Waals surface area contributed by atoms with Crippen LogP contribution < -0.4 is 20.7 Å². The van der Waals surface area contributed by atoms with Crippen molar-refractivity contribution in [2.24, 2.45) is 0 Å². The van der Waals surface area contributed by atoms with E-state index in [1.165, 1.54) is 0 Å². The molecule has 112 valence electrons. The normalized spacial score (nSPS) is 12.3. The molecule has 1 heterocycles. The highest BCUT2D eigenvalue weighted by Gasteiger charge is 2.18. The number of fused-ring (bicyclic) bond motifs is 1. The third-order valence-corrected chi connectivity index (χ3v) is 3.34. The molecule has 0 saturated heterocycles. The molecule has 0 spiro atoms. The number of hydrogen-bond donors (Lipinski definition) is 3. The Hall–Kier alpha value is -3.02. The van der Waals surface area contributed by atoms with Crippen molar-refractivity contribution in [2.45, 2.75) is 6.42 Å². The molecule has 2 aromatic rings. The second-order valence-corrected chi connectivity index (χ2v) is 4.88. The molecule has 6 nitrogen and oxygen atoms in total. The molecule has 0 aliphatic carbocycles. The Bertz CT molecular complexity index is 743. The largest absolute Gasteiger partial charge is 0.495 e. The number of ether oxygens (including phenoxy) is 1. The highest BCUT2D eigenvalue weighted by molar-refractivity contribution is 6.02. The van der Waals surface area contributed by atoms with E-state index in [9.17, 15) is 9.59 Å².